The third-order valence-electron chi connectivity index (χ3n) is 6.50. The summed E-state index contributed by atoms with van der Waals surface area (Å²) in [4.78, 5) is 40.3. The second-order valence-corrected chi connectivity index (χ2v) is 10.4. The first-order valence-corrected chi connectivity index (χ1v) is 13.3. The molecule has 1 fully saturated rings. The first-order chi connectivity index (χ1) is 18.5. The van der Waals surface area contributed by atoms with Gasteiger partial charge < -0.3 is 29.7 Å². The highest BCUT2D eigenvalue weighted by molar-refractivity contribution is 7.17. The van der Waals surface area contributed by atoms with E-state index in [1.165, 1.54) is 11.3 Å². The summed E-state index contributed by atoms with van der Waals surface area (Å²) in [5, 5.41) is 5.44. The molecule has 12 heteroatoms. The number of pyridine rings is 2. The Morgan fingerprint density at radius 2 is 1.95 bits per heavy atom. The lowest BCUT2D eigenvalue weighted by Gasteiger charge is -2.36. The van der Waals surface area contributed by atoms with Crippen molar-refractivity contribution in [3.63, 3.8) is 0 Å². The van der Waals surface area contributed by atoms with Gasteiger partial charge in [0, 0.05) is 38.7 Å². The van der Waals surface area contributed by atoms with Crippen LogP contribution in [0.2, 0.25) is 0 Å². The van der Waals surface area contributed by atoms with E-state index in [0.29, 0.717) is 29.5 Å². The second-order valence-electron chi connectivity index (χ2n) is 9.43. The number of methoxy groups -OCH3 is 1. The fourth-order valence-electron chi connectivity index (χ4n) is 4.94. The molecule has 0 radical (unpaired) electrons. The van der Waals surface area contributed by atoms with Crippen LogP contribution >= 0.6 is 11.3 Å². The molecule has 6 rings (SSSR count). The van der Waals surface area contributed by atoms with E-state index in [9.17, 15) is 4.79 Å². The third-order valence-corrected chi connectivity index (χ3v) is 7.43. The zero-order valence-corrected chi connectivity index (χ0v) is 22.1. The lowest BCUT2D eigenvalue weighted by molar-refractivity contribution is -0.00545. The van der Waals surface area contributed by atoms with E-state index >= 15 is 0 Å². The Balaban J connectivity index is 0.00000308. The first-order valence-electron chi connectivity index (χ1n) is 12.4. The van der Waals surface area contributed by atoms with Gasteiger partial charge in [-0.2, -0.15) is 0 Å². The molecule has 0 spiro atoms. The Labute approximate surface area is 229 Å². The zero-order chi connectivity index (χ0) is 26.2. The lowest BCUT2D eigenvalue weighted by atomic mass is 10.1. The number of hydrogen-bond donors (Lipinski definition) is 3. The maximum Gasteiger partial charge on any atom is 0.261 e. The van der Waals surface area contributed by atoms with Crippen molar-refractivity contribution in [3.05, 3.63) is 58.3 Å². The number of nitrogens with one attached hydrogen (secondary N) is 3. The summed E-state index contributed by atoms with van der Waals surface area (Å²) in [6.07, 6.45) is 5.37. The molecular formula is C27H32N8O3S. The summed E-state index contributed by atoms with van der Waals surface area (Å²) in [6.45, 7) is 5.95. The molecule has 0 bridgehead atoms. The molecule has 6 heterocycles. The molecule has 39 heavy (non-hydrogen) atoms. The number of hydrogen-bond acceptors (Lipinski definition) is 10. The van der Waals surface area contributed by atoms with Crippen LogP contribution < -0.4 is 15.8 Å². The summed E-state index contributed by atoms with van der Waals surface area (Å²) >= 11 is 1.53. The summed E-state index contributed by atoms with van der Waals surface area (Å²) in [5.41, 5.74) is 3.01. The lowest BCUT2D eigenvalue weighted by Crippen LogP contribution is -2.45. The fraction of sp³-hybridized carbons (Fsp3) is 0.370. The number of anilines is 2. The van der Waals surface area contributed by atoms with Crippen LogP contribution in [-0.4, -0.2) is 68.9 Å². The molecule has 1 aliphatic heterocycles. The van der Waals surface area contributed by atoms with Gasteiger partial charge in [0.1, 0.15) is 23.2 Å². The summed E-state index contributed by atoms with van der Waals surface area (Å²) in [7, 11) is 1.62. The van der Waals surface area contributed by atoms with Crippen molar-refractivity contribution in [3.8, 4) is 11.4 Å². The predicted octanol–water partition coefficient (Wildman–Crippen LogP) is 4.37. The second kappa shape index (κ2) is 11.1. The smallest absolute Gasteiger partial charge is 0.261 e. The standard InChI is InChI=1S/C26H28N8O3S.CH4/c1-14-11-34(12-15(2)37-14)20-9-17-18(10-29-20)32-25(31-17)21-22(23-16(5-8-38-23)33-26(21)35)30-19(13-36-3)24-27-6-4-7-28-24;/h4-10,14-15,19H,11-13H2,1-3H3,(H,31,32)(H2,30,33,35);1H4/t14-,15+,19-;/m1./s1. The zero-order valence-electron chi connectivity index (χ0n) is 21.3. The average molecular weight is 549 g/mol. The molecule has 0 aromatic carbocycles. The van der Waals surface area contributed by atoms with Crippen molar-refractivity contribution in [2.75, 3.05) is 37.0 Å². The molecule has 5 aromatic heterocycles. The van der Waals surface area contributed by atoms with Crippen LogP contribution in [-0.2, 0) is 9.47 Å². The van der Waals surface area contributed by atoms with Crippen molar-refractivity contribution < 1.29 is 9.47 Å². The van der Waals surface area contributed by atoms with E-state index in [0.717, 1.165) is 40.2 Å². The van der Waals surface area contributed by atoms with Gasteiger partial charge in [-0.1, -0.05) is 7.43 Å². The van der Waals surface area contributed by atoms with Gasteiger partial charge in [-0.15, -0.1) is 11.3 Å². The number of imidazole rings is 1. The average Bonchev–Trinajstić information content (AvgIpc) is 3.54. The molecule has 5 aromatic rings. The normalized spacial score (nSPS) is 18.3. The fourth-order valence-corrected chi connectivity index (χ4v) is 5.81. The minimum atomic E-state index is -0.380. The van der Waals surface area contributed by atoms with Crippen LogP contribution in [0.25, 0.3) is 32.6 Å². The highest BCUT2D eigenvalue weighted by Crippen LogP contribution is 2.36. The molecule has 0 saturated carbocycles. The number of aromatic nitrogens is 6. The number of thiophene rings is 1. The minimum Gasteiger partial charge on any atom is -0.382 e. The molecule has 0 aliphatic carbocycles. The topological polar surface area (TPSA) is 134 Å². The van der Waals surface area contributed by atoms with Crippen LogP contribution in [0, 0.1) is 0 Å². The Bertz CT molecular complexity index is 1620. The van der Waals surface area contributed by atoms with Crippen molar-refractivity contribution in [2.24, 2.45) is 0 Å². The largest absolute Gasteiger partial charge is 0.382 e. The molecule has 0 amide bonds. The van der Waals surface area contributed by atoms with Crippen molar-refractivity contribution in [1.82, 2.24) is 29.9 Å². The van der Waals surface area contributed by atoms with E-state index in [1.54, 1.807) is 31.8 Å². The number of morpholine rings is 1. The molecule has 3 N–H and O–H groups in total. The van der Waals surface area contributed by atoms with Crippen molar-refractivity contribution in [2.45, 2.75) is 39.5 Å². The molecule has 1 aliphatic rings. The van der Waals surface area contributed by atoms with Gasteiger partial charge >= 0.3 is 0 Å². The highest BCUT2D eigenvalue weighted by atomic mass is 32.1. The Morgan fingerprint density at radius 3 is 2.69 bits per heavy atom. The number of aromatic amines is 2. The number of H-pyrrole nitrogens is 2. The molecular weight excluding hydrogens is 516 g/mol. The highest BCUT2D eigenvalue weighted by Gasteiger charge is 2.25. The molecule has 11 nitrogen and oxygen atoms in total. The Hall–Kier alpha value is -3.87. The minimum absolute atomic E-state index is 0. The SMILES string of the molecule is C.COC[C@@H](Nc1c(-c2nc3cc(N4C[C@@H](C)O[C@@H](C)C4)ncc3[nH]2)c(=O)[nH]c2ccsc12)c1ncccn1. The summed E-state index contributed by atoms with van der Waals surface area (Å²) in [5.74, 6) is 1.85. The monoisotopic (exact) mass is 548 g/mol. The van der Waals surface area contributed by atoms with E-state index < -0.39 is 0 Å². The van der Waals surface area contributed by atoms with E-state index in [4.69, 9.17) is 14.5 Å². The van der Waals surface area contributed by atoms with Gasteiger partial charge in [0.05, 0.1) is 51.9 Å². The quantitative estimate of drug-likeness (QED) is 0.271. The number of fused-ring (bicyclic) bond motifs is 2. The Kier molecular flexibility index (Phi) is 7.60. The molecule has 0 unspecified atom stereocenters. The van der Waals surface area contributed by atoms with E-state index in [2.05, 4.69) is 49.0 Å². The number of nitrogens with zero attached hydrogens (tertiary/aromatic N) is 5. The van der Waals surface area contributed by atoms with Crippen LogP contribution in [0.5, 0.6) is 0 Å². The van der Waals surface area contributed by atoms with E-state index in [-0.39, 0.29) is 31.2 Å². The van der Waals surface area contributed by atoms with Gasteiger partial charge in [0.2, 0.25) is 0 Å². The maximum absolute atomic E-state index is 13.4. The molecule has 3 atom stereocenters. The first kappa shape index (κ1) is 26.7. The summed E-state index contributed by atoms with van der Waals surface area (Å²) in [6, 6.07) is 5.23. The van der Waals surface area contributed by atoms with Gasteiger partial charge in [-0.3, -0.25) is 4.79 Å². The van der Waals surface area contributed by atoms with Crippen molar-refractivity contribution in [1.29, 1.82) is 0 Å². The maximum atomic E-state index is 13.4. The van der Waals surface area contributed by atoms with Gasteiger partial charge in [0.25, 0.3) is 5.56 Å². The predicted molar refractivity (Wildman–Crippen MR) is 155 cm³/mol. The van der Waals surface area contributed by atoms with Crippen LogP contribution in [0.3, 0.4) is 0 Å². The summed E-state index contributed by atoms with van der Waals surface area (Å²) < 4.78 is 12.2. The number of rotatable bonds is 7. The van der Waals surface area contributed by atoms with E-state index in [1.807, 2.05) is 17.5 Å². The third kappa shape index (κ3) is 5.22. The Morgan fingerprint density at radius 1 is 1.18 bits per heavy atom. The van der Waals surface area contributed by atoms with Crippen LogP contribution in [0.1, 0.15) is 33.1 Å². The van der Waals surface area contributed by atoms with Crippen LogP contribution in [0.4, 0.5) is 11.5 Å². The van der Waals surface area contributed by atoms with Gasteiger partial charge in [-0.05, 0) is 31.4 Å². The molecule has 1 saturated heterocycles. The van der Waals surface area contributed by atoms with Crippen LogP contribution in [0.15, 0.2) is 47.0 Å². The van der Waals surface area contributed by atoms with Gasteiger partial charge in [-0.25, -0.2) is 19.9 Å². The van der Waals surface area contributed by atoms with Gasteiger partial charge in [0.15, 0.2) is 5.82 Å². The number of ether oxygens (including phenoxy) is 2. The van der Waals surface area contributed by atoms with Crippen molar-refractivity contribution >= 4 is 44.1 Å². The molecule has 204 valence electrons.